The number of rotatable bonds is 8. The summed E-state index contributed by atoms with van der Waals surface area (Å²) in [4.78, 5) is 25.5. The van der Waals surface area contributed by atoms with Crippen LogP contribution in [0.15, 0.2) is 48.5 Å². The van der Waals surface area contributed by atoms with E-state index in [0.29, 0.717) is 31.7 Å². The number of nitrogens with one attached hydrogen (secondary N) is 2. The number of hydrogen-bond donors (Lipinski definition) is 2. The predicted molar refractivity (Wildman–Crippen MR) is 111 cm³/mol. The number of anilines is 1. The van der Waals surface area contributed by atoms with Gasteiger partial charge in [-0.2, -0.15) is 0 Å². The van der Waals surface area contributed by atoms with Crippen LogP contribution in [0.3, 0.4) is 0 Å². The molecule has 0 bridgehead atoms. The van der Waals surface area contributed by atoms with Crippen molar-refractivity contribution in [1.29, 1.82) is 0 Å². The molecule has 0 unspecified atom stereocenters. The van der Waals surface area contributed by atoms with Crippen LogP contribution in [0.4, 0.5) is 5.69 Å². The fourth-order valence-electron chi connectivity index (χ4n) is 3.36. The summed E-state index contributed by atoms with van der Waals surface area (Å²) in [6, 6.07) is 15.5. The van der Waals surface area contributed by atoms with Crippen LogP contribution in [0.2, 0.25) is 0 Å². The molecule has 0 aromatic heterocycles. The molecule has 1 fully saturated rings. The lowest BCUT2D eigenvalue weighted by atomic mass is 9.99. The van der Waals surface area contributed by atoms with Crippen LogP contribution in [-0.2, 0) is 16.0 Å². The van der Waals surface area contributed by atoms with Gasteiger partial charge in [0.1, 0.15) is 11.2 Å². The predicted octanol–water partition coefficient (Wildman–Crippen LogP) is 3.90. The van der Waals surface area contributed by atoms with E-state index in [0.717, 1.165) is 22.6 Å². The number of benzene rings is 2. The zero-order valence-corrected chi connectivity index (χ0v) is 16.7. The van der Waals surface area contributed by atoms with Crippen molar-refractivity contribution in [2.45, 2.75) is 39.0 Å². The first-order valence-corrected chi connectivity index (χ1v) is 9.78. The summed E-state index contributed by atoms with van der Waals surface area (Å²) in [7, 11) is 1.63. The Bertz CT molecular complexity index is 856. The molecule has 0 aliphatic heterocycles. The number of carbonyl (C=O) groups excluding carboxylic acids is 2. The molecular weight excluding hydrogens is 352 g/mol. The fourth-order valence-corrected chi connectivity index (χ4v) is 3.36. The highest BCUT2D eigenvalue weighted by atomic mass is 16.5. The van der Waals surface area contributed by atoms with Crippen molar-refractivity contribution in [2.75, 3.05) is 19.0 Å². The van der Waals surface area contributed by atoms with E-state index in [2.05, 4.69) is 24.5 Å². The van der Waals surface area contributed by atoms with Crippen molar-refractivity contribution in [3.63, 3.8) is 0 Å². The molecule has 28 heavy (non-hydrogen) atoms. The first kappa shape index (κ1) is 19.9. The van der Waals surface area contributed by atoms with Crippen LogP contribution >= 0.6 is 0 Å². The number of hydrogen-bond acceptors (Lipinski definition) is 3. The molecule has 0 saturated heterocycles. The molecular formula is C23H28N2O3. The maximum absolute atomic E-state index is 12.8. The van der Waals surface area contributed by atoms with E-state index in [1.807, 2.05) is 48.5 Å². The molecule has 0 radical (unpaired) electrons. The van der Waals surface area contributed by atoms with Gasteiger partial charge >= 0.3 is 0 Å². The Balaban J connectivity index is 1.58. The van der Waals surface area contributed by atoms with Gasteiger partial charge in [-0.25, -0.2) is 0 Å². The SMILES string of the molecule is COc1cccc(CCNC(=O)C2(C(=O)Nc3ccccc3C(C)C)CC2)c1. The lowest BCUT2D eigenvalue weighted by Crippen LogP contribution is -2.40. The average molecular weight is 380 g/mol. The summed E-state index contributed by atoms with van der Waals surface area (Å²) in [5.74, 6) is 0.698. The second-order valence-electron chi connectivity index (χ2n) is 7.64. The first-order chi connectivity index (χ1) is 13.5. The van der Waals surface area contributed by atoms with Gasteiger partial charge in [-0.3, -0.25) is 9.59 Å². The third-order valence-corrected chi connectivity index (χ3v) is 5.28. The highest BCUT2D eigenvalue weighted by molar-refractivity contribution is 6.13. The van der Waals surface area contributed by atoms with Crippen LogP contribution in [-0.4, -0.2) is 25.5 Å². The molecule has 148 valence electrons. The molecule has 2 N–H and O–H groups in total. The van der Waals surface area contributed by atoms with E-state index in [1.54, 1.807) is 7.11 Å². The van der Waals surface area contributed by atoms with Crippen LogP contribution in [0.1, 0.15) is 43.7 Å². The van der Waals surface area contributed by atoms with Gasteiger partial charge in [-0.1, -0.05) is 44.2 Å². The van der Waals surface area contributed by atoms with Crippen LogP contribution in [0.5, 0.6) is 5.75 Å². The van der Waals surface area contributed by atoms with Gasteiger partial charge in [0.15, 0.2) is 0 Å². The summed E-state index contributed by atoms with van der Waals surface area (Å²) < 4.78 is 5.22. The van der Waals surface area contributed by atoms with Crippen LogP contribution in [0, 0.1) is 5.41 Å². The van der Waals surface area contributed by atoms with Gasteiger partial charge in [0, 0.05) is 12.2 Å². The Kier molecular flexibility index (Phi) is 6.02. The fraction of sp³-hybridized carbons (Fsp3) is 0.391. The first-order valence-electron chi connectivity index (χ1n) is 9.78. The molecule has 0 heterocycles. The second-order valence-corrected chi connectivity index (χ2v) is 7.64. The monoisotopic (exact) mass is 380 g/mol. The zero-order chi connectivity index (χ0) is 20.1. The number of ether oxygens (including phenoxy) is 1. The maximum atomic E-state index is 12.8. The molecule has 1 aliphatic carbocycles. The van der Waals surface area contributed by atoms with Crippen LogP contribution < -0.4 is 15.4 Å². The van der Waals surface area contributed by atoms with Gasteiger partial charge in [-0.15, -0.1) is 0 Å². The van der Waals surface area contributed by atoms with Crippen molar-refractivity contribution >= 4 is 17.5 Å². The van der Waals surface area contributed by atoms with Gasteiger partial charge in [-0.05, 0) is 54.5 Å². The lowest BCUT2D eigenvalue weighted by Gasteiger charge is -2.18. The Morgan fingerprint density at radius 3 is 2.50 bits per heavy atom. The standard InChI is InChI=1S/C23H28N2O3/c1-16(2)19-9-4-5-10-20(19)25-22(27)23(12-13-23)21(26)24-14-11-17-7-6-8-18(15-17)28-3/h4-10,15-16H,11-14H2,1-3H3,(H,24,26)(H,25,27). The minimum Gasteiger partial charge on any atom is -0.497 e. The molecule has 1 aliphatic rings. The minimum atomic E-state index is -0.932. The zero-order valence-electron chi connectivity index (χ0n) is 16.7. The van der Waals surface area contributed by atoms with E-state index in [9.17, 15) is 9.59 Å². The highest BCUT2D eigenvalue weighted by Crippen LogP contribution is 2.47. The third kappa shape index (κ3) is 4.35. The lowest BCUT2D eigenvalue weighted by molar-refractivity contribution is -0.134. The van der Waals surface area contributed by atoms with E-state index in [4.69, 9.17) is 4.74 Å². The van der Waals surface area contributed by atoms with Crippen molar-refractivity contribution in [3.8, 4) is 5.75 Å². The summed E-state index contributed by atoms with van der Waals surface area (Å²) in [6.45, 7) is 4.66. The molecule has 5 heteroatoms. The molecule has 0 atom stereocenters. The summed E-state index contributed by atoms with van der Waals surface area (Å²) in [6.07, 6.45) is 1.87. The van der Waals surface area contributed by atoms with Crippen molar-refractivity contribution in [2.24, 2.45) is 5.41 Å². The normalized spacial score (nSPS) is 14.4. The van der Waals surface area contributed by atoms with Crippen molar-refractivity contribution in [3.05, 3.63) is 59.7 Å². The Labute approximate surface area is 166 Å². The van der Waals surface area contributed by atoms with Gasteiger partial charge in [0.2, 0.25) is 11.8 Å². The van der Waals surface area contributed by atoms with Crippen molar-refractivity contribution < 1.29 is 14.3 Å². The second kappa shape index (κ2) is 8.46. The van der Waals surface area contributed by atoms with E-state index in [-0.39, 0.29) is 11.8 Å². The van der Waals surface area contributed by atoms with Crippen LogP contribution in [0.25, 0.3) is 0 Å². The molecule has 5 nitrogen and oxygen atoms in total. The maximum Gasteiger partial charge on any atom is 0.240 e. The molecule has 2 amide bonds. The molecule has 3 rings (SSSR count). The van der Waals surface area contributed by atoms with Gasteiger partial charge in [0.05, 0.1) is 7.11 Å². The molecule has 2 aromatic carbocycles. The topological polar surface area (TPSA) is 67.4 Å². The third-order valence-electron chi connectivity index (χ3n) is 5.28. The Morgan fingerprint density at radius 2 is 1.82 bits per heavy atom. The number of carbonyl (C=O) groups is 2. The van der Waals surface area contributed by atoms with Crippen molar-refractivity contribution in [1.82, 2.24) is 5.32 Å². The van der Waals surface area contributed by atoms with E-state index < -0.39 is 5.41 Å². The molecule has 2 aromatic rings. The summed E-state index contributed by atoms with van der Waals surface area (Å²) in [5, 5.41) is 5.92. The van der Waals surface area contributed by atoms with E-state index in [1.165, 1.54) is 0 Å². The quantitative estimate of drug-likeness (QED) is 0.683. The summed E-state index contributed by atoms with van der Waals surface area (Å²) in [5.41, 5.74) is 2.02. The number of para-hydroxylation sites is 1. The number of methoxy groups -OCH3 is 1. The highest BCUT2D eigenvalue weighted by Gasteiger charge is 2.56. The minimum absolute atomic E-state index is 0.185. The average Bonchev–Trinajstić information content (AvgIpc) is 3.50. The molecule has 1 saturated carbocycles. The van der Waals surface area contributed by atoms with E-state index >= 15 is 0 Å². The summed E-state index contributed by atoms with van der Waals surface area (Å²) >= 11 is 0. The van der Waals surface area contributed by atoms with Gasteiger partial charge < -0.3 is 15.4 Å². The largest absolute Gasteiger partial charge is 0.497 e. The smallest absolute Gasteiger partial charge is 0.240 e. The number of amides is 2. The molecule has 0 spiro atoms. The van der Waals surface area contributed by atoms with Gasteiger partial charge in [0.25, 0.3) is 0 Å². The Hall–Kier alpha value is -2.82. The Morgan fingerprint density at radius 1 is 1.07 bits per heavy atom.